The molecule has 1 aromatic rings. The summed E-state index contributed by atoms with van der Waals surface area (Å²) < 4.78 is 26.1. The Hall–Kier alpha value is -1.98. The van der Waals surface area contributed by atoms with Crippen LogP contribution in [0.5, 0.6) is 0 Å². The zero-order chi connectivity index (χ0) is 14.3. The van der Waals surface area contributed by atoms with Crippen molar-refractivity contribution in [2.24, 2.45) is 0 Å². The Kier molecular flexibility index (Phi) is 5.41. The molecule has 0 aliphatic rings. The van der Waals surface area contributed by atoms with Gasteiger partial charge in [0.25, 0.3) is 0 Å². The number of sulfonamides is 1. The fourth-order valence-corrected chi connectivity index (χ4v) is 2.56. The van der Waals surface area contributed by atoms with Gasteiger partial charge in [-0.05, 0) is 25.0 Å². The number of carbonyl (C=O) groups is 1. The third-order valence-electron chi connectivity index (χ3n) is 2.28. The molecule has 1 heterocycles. The van der Waals surface area contributed by atoms with Gasteiger partial charge in [-0.1, -0.05) is 0 Å². The zero-order valence-electron chi connectivity index (χ0n) is 10.0. The number of nitriles is 1. The predicted octanol–water partition coefficient (Wildman–Crippen LogP) is 0.486. The van der Waals surface area contributed by atoms with Gasteiger partial charge in [-0.25, -0.2) is 18.1 Å². The molecule has 0 aromatic carbocycles. The van der Waals surface area contributed by atoms with E-state index in [4.69, 9.17) is 10.4 Å². The minimum Gasteiger partial charge on any atom is -0.481 e. The first-order chi connectivity index (χ1) is 8.97. The van der Waals surface area contributed by atoms with Crippen molar-refractivity contribution in [2.75, 3.05) is 6.54 Å². The lowest BCUT2D eigenvalue weighted by atomic mass is 10.2. The van der Waals surface area contributed by atoms with Gasteiger partial charge in [-0.15, -0.1) is 0 Å². The molecule has 1 aromatic heterocycles. The average Bonchev–Trinajstić information content (AvgIpc) is 2.37. The third kappa shape index (κ3) is 4.65. The molecule has 0 fully saturated rings. The first-order valence-electron chi connectivity index (χ1n) is 5.54. The standard InChI is InChI=1S/C11H13N3O4S/c12-8-9-10(4-3-6-13-9)19(17,18)14-7-2-1-5-11(15)16/h3-4,6,14H,1-2,5,7H2,(H,15,16). The summed E-state index contributed by atoms with van der Waals surface area (Å²) >= 11 is 0. The van der Waals surface area contributed by atoms with Crippen molar-refractivity contribution in [3.05, 3.63) is 24.0 Å². The van der Waals surface area contributed by atoms with Crippen molar-refractivity contribution < 1.29 is 18.3 Å². The summed E-state index contributed by atoms with van der Waals surface area (Å²) in [7, 11) is -3.79. The number of carboxylic acids is 1. The van der Waals surface area contributed by atoms with E-state index in [9.17, 15) is 13.2 Å². The van der Waals surface area contributed by atoms with Crippen molar-refractivity contribution in [3.63, 3.8) is 0 Å². The van der Waals surface area contributed by atoms with Gasteiger partial charge in [0.15, 0.2) is 5.69 Å². The van der Waals surface area contributed by atoms with E-state index in [1.165, 1.54) is 18.3 Å². The van der Waals surface area contributed by atoms with E-state index in [-0.39, 0.29) is 23.6 Å². The molecule has 0 saturated carbocycles. The first kappa shape index (κ1) is 15.1. The second kappa shape index (κ2) is 6.82. The van der Waals surface area contributed by atoms with Crippen LogP contribution in [0.1, 0.15) is 25.0 Å². The van der Waals surface area contributed by atoms with Crippen LogP contribution in [0, 0.1) is 11.3 Å². The highest BCUT2D eigenvalue weighted by molar-refractivity contribution is 7.89. The van der Waals surface area contributed by atoms with Crippen molar-refractivity contribution in [1.82, 2.24) is 9.71 Å². The summed E-state index contributed by atoms with van der Waals surface area (Å²) in [6.45, 7) is 0.120. The molecule has 0 spiro atoms. The molecular formula is C11H13N3O4S. The molecule has 0 saturated heterocycles. The van der Waals surface area contributed by atoms with E-state index in [0.29, 0.717) is 12.8 Å². The number of nitrogens with one attached hydrogen (secondary N) is 1. The van der Waals surface area contributed by atoms with Gasteiger partial charge in [-0.2, -0.15) is 5.26 Å². The van der Waals surface area contributed by atoms with Gasteiger partial charge < -0.3 is 5.11 Å². The van der Waals surface area contributed by atoms with E-state index in [2.05, 4.69) is 9.71 Å². The lowest BCUT2D eigenvalue weighted by Crippen LogP contribution is -2.25. The number of nitrogens with zero attached hydrogens (tertiary/aromatic N) is 2. The molecule has 0 unspecified atom stereocenters. The fraction of sp³-hybridized carbons (Fsp3) is 0.364. The maximum atomic E-state index is 11.9. The highest BCUT2D eigenvalue weighted by atomic mass is 32.2. The Morgan fingerprint density at radius 3 is 2.84 bits per heavy atom. The number of hydrogen-bond acceptors (Lipinski definition) is 5. The molecule has 102 valence electrons. The number of pyridine rings is 1. The van der Waals surface area contributed by atoms with Crippen LogP contribution >= 0.6 is 0 Å². The summed E-state index contributed by atoms with van der Waals surface area (Å²) in [6.07, 6.45) is 2.13. The molecule has 0 amide bonds. The minimum absolute atomic E-state index is 0.00192. The number of unbranched alkanes of at least 4 members (excludes halogenated alkanes) is 1. The van der Waals surface area contributed by atoms with Gasteiger partial charge >= 0.3 is 5.97 Å². The zero-order valence-corrected chi connectivity index (χ0v) is 10.9. The predicted molar refractivity (Wildman–Crippen MR) is 65.6 cm³/mol. The fourth-order valence-electron chi connectivity index (χ4n) is 1.38. The SMILES string of the molecule is N#Cc1ncccc1S(=O)(=O)NCCCCC(=O)O. The van der Waals surface area contributed by atoms with E-state index in [0.717, 1.165) is 0 Å². The third-order valence-corrected chi connectivity index (χ3v) is 3.77. The molecule has 0 atom stereocenters. The van der Waals surface area contributed by atoms with E-state index < -0.39 is 16.0 Å². The second-order valence-corrected chi connectivity index (χ2v) is 5.45. The second-order valence-electron chi connectivity index (χ2n) is 3.71. The topological polar surface area (TPSA) is 120 Å². The van der Waals surface area contributed by atoms with Crippen molar-refractivity contribution >= 4 is 16.0 Å². The van der Waals surface area contributed by atoms with Crippen molar-refractivity contribution in [1.29, 1.82) is 5.26 Å². The van der Waals surface area contributed by atoms with Crippen LogP contribution in [0.2, 0.25) is 0 Å². The van der Waals surface area contributed by atoms with Crippen LogP contribution in [-0.4, -0.2) is 31.0 Å². The lowest BCUT2D eigenvalue weighted by Gasteiger charge is -2.06. The van der Waals surface area contributed by atoms with Gasteiger partial charge in [-0.3, -0.25) is 4.79 Å². The smallest absolute Gasteiger partial charge is 0.303 e. The number of aromatic nitrogens is 1. The molecule has 8 heteroatoms. The molecular weight excluding hydrogens is 270 g/mol. The molecule has 0 aliphatic heterocycles. The van der Waals surface area contributed by atoms with E-state index in [1.807, 2.05) is 0 Å². The summed E-state index contributed by atoms with van der Waals surface area (Å²) in [5.41, 5.74) is -0.166. The first-order valence-corrected chi connectivity index (χ1v) is 7.02. The molecule has 1 rings (SSSR count). The maximum absolute atomic E-state index is 11.9. The monoisotopic (exact) mass is 283 g/mol. The molecule has 7 nitrogen and oxygen atoms in total. The van der Waals surface area contributed by atoms with E-state index in [1.54, 1.807) is 6.07 Å². The summed E-state index contributed by atoms with van der Waals surface area (Å²) in [5.74, 6) is -0.915. The van der Waals surface area contributed by atoms with Crippen molar-refractivity contribution in [3.8, 4) is 6.07 Å². The van der Waals surface area contributed by atoms with Crippen LogP contribution in [0.3, 0.4) is 0 Å². The van der Waals surface area contributed by atoms with Crippen molar-refractivity contribution in [2.45, 2.75) is 24.2 Å². The number of hydrogen-bond donors (Lipinski definition) is 2. The van der Waals surface area contributed by atoms with Gasteiger partial charge in [0.2, 0.25) is 10.0 Å². The quantitative estimate of drug-likeness (QED) is 0.702. The number of rotatable bonds is 7. The molecule has 19 heavy (non-hydrogen) atoms. The van der Waals surface area contributed by atoms with Crippen LogP contribution in [0.15, 0.2) is 23.2 Å². The number of aliphatic carboxylic acids is 1. The highest BCUT2D eigenvalue weighted by Gasteiger charge is 2.18. The Morgan fingerprint density at radius 2 is 2.21 bits per heavy atom. The summed E-state index contributed by atoms with van der Waals surface area (Å²) in [6, 6.07) is 4.44. The van der Waals surface area contributed by atoms with Gasteiger partial charge in [0.1, 0.15) is 11.0 Å². The van der Waals surface area contributed by atoms with Gasteiger partial charge in [0, 0.05) is 19.2 Å². The maximum Gasteiger partial charge on any atom is 0.303 e. The molecule has 0 aliphatic carbocycles. The summed E-state index contributed by atoms with van der Waals surface area (Å²) in [5, 5.41) is 17.2. The minimum atomic E-state index is -3.79. The Morgan fingerprint density at radius 1 is 1.47 bits per heavy atom. The van der Waals surface area contributed by atoms with Crippen LogP contribution in [0.4, 0.5) is 0 Å². The number of carboxylic acid groups (broad SMARTS) is 1. The molecule has 0 radical (unpaired) electrons. The van der Waals surface area contributed by atoms with Crippen LogP contribution in [-0.2, 0) is 14.8 Å². The molecule has 2 N–H and O–H groups in total. The van der Waals surface area contributed by atoms with E-state index >= 15 is 0 Å². The van der Waals surface area contributed by atoms with Crippen LogP contribution in [0.25, 0.3) is 0 Å². The molecule has 0 bridgehead atoms. The lowest BCUT2D eigenvalue weighted by molar-refractivity contribution is -0.137. The summed E-state index contributed by atoms with van der Waals surface area (Å²) in [4.78, 5) is 13.8. The Balaban J connectivity index is 2.62. The normalized spacial score (nSPS) is 10.9. The Bertz CT molecular complexity index is 592. The average molecular weight is 283 g/mol. The van der Waals surface area contributed by atoms with Crippen LogP contribution < -0.4 is 4.72 Å². The highest BCUT2D eigenvalue weighted by Crippen LogP contribution is 2.11. The van der Waals surface area contributed by atoms with Gasteiger partial charge in [0.05, 0.1) is 0 Å². The largest absolute Gasteiger partial charge is 0.481 e. The Labute approximate surface area is 110 Å².